The number of nitrogens with one attached hydrogen (secondary N) is 1. The second-order valence-electron chi connectivity index (χ2n) is 4.36. The summed E-state index contributed by atoms with van der Waals surface area (Å²) in [5, 5.41) is 12.3. The van der Waals surface area contributed by atoms with E-state index in [0.717, 1.165) is 0 Å². The summed E-state index contributed by atoms with van der Waals surface area (Å²) in [7, 11) is 3.41. The average Bonchev–Trinajstić information content (AvgIpc) is 2.77. The molecule has 102 valence electrons. The van der Waals surface area contributed by atoms with Crippen LogP contribution in [0.1, 0.15) is 23.2 Å². The lowest BCUT2D eigenvalue weighted by molar-refractivity contribution is 0.0693. The predicted octanol–water partition coefficient (Wildman–Crippen LogP) is 1.19. The topological polar surface area (TPSA) is 75.9 Å². The van der Waals surface area contributed by atoms with E-state index in [9.17, 15) is 9.90 Å². The van der Waals surface area contributed by atoms with Gasteiger partial charge in [-0.1, -0.05) is 6.07 Å². The van der Waals surface area contributed by atoms with E-state index in [0.29, 0.717) is 23.6 Å². The first-order valence-corrected chi connectivity index (χ1v) is 6.03. The van der Waals surface area contributed by atoms with Crippen LogP contribution in [0.2, 0.25) is 0 Å². The molecule has 0 radical (unpaired) electrons. The molecule has 2 aromatic rings. The van der Waals surface area contributed by atoms with Gasteiger partial charge in [0.15, 0.2) is 11.6 Å². The zero-order valence-electron chi connectivity index (χ0n) is 11.2. The number of carbonyl (C=O) groups is 1. The number of hydrogen-bond acceptors (Lipinski definition) is 4. The Morgan fingerprint density at radius 1 is 1.58 bits per heavy atom. The van der Waals surface area contributed by atoms with Crippen molar-refractivity contribution >= 4 is 11.5 Å². The van der Waals surface area contributed by atoms with Gasteiger partial charge in [0.2, 0.25) is 0 Å². The first kappa shape index (κ1) is 13.4. The van der Waals surface area contributed by atoms with Gasteiger partial charge in [-0.15, -0.1) is 0 Å². The summed E-state index contributed by atoms with van der Waals surface area (Å²) in [6.45, 7) is 2.01. The number of aromatic nitrogens is 2. The number of aromatic carboxylic acids is 1. The van der Waals surface area contributed by atoms with E-state index in [-0.39, 0.29) is 11.7 Å². The molecule has 19 heavy (non-hydrogen) atoms. The van der Waals surface area contributed by atoms with Crippen LogP contribution in [-0.2, 0) is 6.42 Å². The number of carboxylic acids is 1. The molecular formula is C13H17N3O3. The average molecular weight is 263 g/mol. The lowest BCUT2D eigenvalue weighted by Crippen LogP contribution is -2.24. The Kier molecular flexibility index (Phi) is 3.71. The number of fused-ring (bicyclic) bond motifs is 1. The van der Waals surface area contributed by atoms with Crippen LogP contribution in [0.4, 0.5) is 0 Å². The van der Waals surface area contributed by atoms with Crippen molar-refractivity contribution in [1.29, 1.82) is 0 Å². The van der Waals surface area contributed by atoms with Gasteiger partial charge >= 0.3 is 5.97 Å². The standard InChI is InChI=1S/C13H17N3O3/c1-8(14-2)7-10-15-12(13(17)18)9-5-4-6-11(19-3)16(9)10/h4-6,8,14H,7H2,1-3H3,(H,17,18). The van der Waals surface area contributed by atoms with Gasteiger partial charge in [0.1, 0.15) is 5.82 Å². The molecule has 0 spiro atoms. The number of rotatable bonds is 5. The maximum absolute atomic E-state index is 11.3. The lowest BCUT2D eigenvalue weighted by Gasteiger charge is -2.11. The summed E-state index contributed by atoms with van der Waals surface area (Å²) >= 11 is 0. The van der Waals surface area contributed by atoms with Crippen LogP contribution < -0.4 is 10.1 Å². The number of hydrogen-bond donors (Lipinski definition) is 2. The zero-order chi connectivity index (χ0) is 14.0. The van der Waals surface area contributed by atoms with Crippen molar-refractivity contribution in [3.8, 4) is 5.88 Å². The number of likely N-dealkylation sites (N-methyl/N-ethyl adjacent to an activating group) is 1. The number of ether oxygens (including phenoxy) is 1. The maximum atomic E-state index is 11.3. The minimum atomic E-state index is -1.03. The first-order valence-electron chi connectivity index (χ1n) is 6.03. The second kappa shape index (κ2) is 5.27. The molecule has 0 aliphatic heterocycles. The van der Waals surface area contributed by atoms with Crippen molar-refractivity contribution in [2.24, 2.45) is 0 Å². The molecule has 2 N–H and O–H groups in total. The van der Waals surface area contributed by atoms with Crippen LogP contribution in [0.5, 0.6) is 5.88 Å². The molecule has 0 bridgehead atoms. The minimum Gasteiger partial charge on any atom is -0.482 e. The third-order valence-electron chi connectivity index (χ3n) is 3.09. The third kappa shape index (κ3) is 2.39. The fourth-order valence-electron chi connectivity index (χ4n) is 2.01. The summed E-state index contributed by atoms with van der Waals surface area (Å²) in [4.78, 5) is 15.5. The molecule has 0 fully saturated rings. The van der Waals surface area contributed by atoms with Gasteiger partial charge in [0.05, 0.1) is 12.6 Å². The van der Waals surface area contributed by atoms with Crippen molar-refractivity contribution in [2.45, 2.75) is 19.4 Å². The fourth-order valence-corrected chi connectivity index (χ4v) is 2.01. The van der Waals surface area contributed by atoms with E-state index in [4.69, 9.17) is 4.74 Å². The van der Waals surface area contributed by atoms with Crippen molar-refractivity contribution in [2.75, 3.05) is 14.2 Å². The predicted molar refractivity (Wildman–Crippen MR) is 70.9 cm³/mol. The Morgan fingerprint density at radius 3 is 2.89 bits per heavy atom. The Hall–Kier alpha value is -2.08. The van der Waals surface area contributed by atoms with Gasteiger partial charge < -0.3 is 15.2 Å². The molecule has 0 aliphatic rings. The minimum absolute atomic E-state index is 0.0530. The number of imidazole rings is 1. The third-order valence-corrected chi connectivity index (χ3v) is 3.09. The molecule has 1 unspecified atom stereocenters. The van der Waals surface area contributed by atoms with Crippen LogP contribution in [0.15, 0.2) is 18.2 Å². The molecule has 1 atom stereocenters. The van der Waals surface area contributed by atoms with Gasteiger partial charge in [-0.05, 0) is 26.1 Å². The highest BCUT2D eigenvalue weighted by Crippen LogP contribution is 2.21. The van der Waals surface area contributed by atoms with Crippen LogP contribution in [0, 0.1) is 0 Å². The monoisotopic (exact) mass is 263 g/mol. The van der Waals surface area contributed by atoms with Gasteiger partial charge in [0, 0.05) is 12.5 Å². The number of methoxy groups -OCH3 is 1. The molecule has 0 aliphatic carbocycles. The van der Waals surface area contributed by atoms with E-state index in [1.54, 1.807) is 29.7 Å². The van der Waals surface area contributed by atoms with Crippen molar-refractivity contribution in [1.82, 2.24) is 14.7 Å². The largest absolute Gasteiger partial charge is 0.482 e. The molecular weight excluding hydrogens is 246 g/mol. The normalized spacial score (nSPS) is 12.6. The SMILES string of the molecule is CNC(C)Cc1nc(C(=O)O)c2cccc(OC)n12. The summed E-state index contributed by atoms with van der Waals surface area (Å²) in [6, 6.07) is 5.46. The van der Waals surface area contributed by atoms with E-state index >= 15 is 0 Å². The van der Waals surface area contributed by atoms with Crippen molar-refractivity contribution < 1.29 is 14.6 Å². The fraction of sp³-hybridized carbons (Fsp3) is 0.385. The Bertz CT molecular complexity index is 606. The molecule has 6 nitrogen and oxygen atoms in total. The zero-order valence-corrected chi connectivity index (χ0v) is 11.2. The maximum Gasteiger partial charge on any atom is 0.356 e. The van der Waals surface area contributed by atoms with E-state index in [2.05, 4.69) is 10.3 Å². The molecule has 0 saturated heterocycles. The molecule has 0 amide bonds. The van der Waals surface area contributed by atoms with Crippen LogP contribution in [-0.4, -0.2) is 40.7 Å². The summed E-state index contributed by atoms with van der Waals surface area (Å²) in [5.41, 5.74) is 0.599. The number of pyridine rings is 1. The van der Waals surface area contributed by atoms with Crippen LogP contribution in [0.3, 0.4) is 0 Å². The summed E-state index contributed by atoms with van der Waals surface area (Å²) < 4.78 is 7.03. The van der Waals surface area contributed by atoms with Gasteiger partial charge in [-0.2, -0.15) is 0 Å². The first-order chi connectivity index (χ1) is 9.08. The molecule has 2 heterocycles. The number of nitrogens with zero attached hydrogens (tertiary/aromatic N) is 2. The Balaban J connectivity index is 2.65. The molecule has 0 saturated carbocycles. The van der Waals surface area contributed by atoms with Gasteiger partial charge in [0.25, 0.3) is 0 Å². The molecule has 2 aromatic heterocycles. The van der Waals surface area contributed by atoms with Gasteiger partial charge in [-0.3, -0.25) is 4.40 Å². The molecule has 0 aromatic carbocycles. The van der Waals surface area contributed by atoms with E-state index < -0.39 is 5.97 Å². The summed E-state index contributed by atoms with van der Waals surface area (Å²) in [5.74, 6) is 0.219. The second-order valence-corrected chi connectivity index (χ2v) is 4.36. The van der Waals surface area contributed by atoms with Gasteiger partial charge in [-0.25, -0.2) is 9.78 Å². The lowest BCUT2D eigenvalue weighted by atomic mass is 10.2. The van der Waals surface area contributed by atoms with Crippen LogP contribution >= 0.6 is 0 Å². The highest BCUT2D eigenvalue weighted by Gasteiger charge is 2.19. The summed E-state index contributed by atoms with van der Waals surface area (Å²) in [6.07, 6.45) is 0.616. The van der Waals surface area contributed by atoms with Crippen molar-refractivity contribution in [3.05, 3.63) is 29.7 Å². The van der Waals surface area contributed by atoms with Crippen LogP contribution in [0.25, 0.3) is 5.52 Å². The van der Waals surface area contributed by atoms with E-state index in [1.165, 1.54) is 0 Å². The molecule has 2 rings (SSSR count). The highest BCUT2D eigenvalue weighted by atomic mass is 16.5. The smallest absolute Gasteiger partial charge is 0.356 e. The Morgan fingerprint density at radius 2 is 2.32 bits per heavy atom. The molecule has 6 heteroatoms. The van der Waals surface area contributed by atoms with E-state index in [1.807, 2.05) is 14.0 Å². The quantitative estimate of drug-likeness (QED) is 0.847. The Labute approximate surface area is 111 Å². The highest BCUT2D eigenvalue weighted by molar-refractivity contribution is 5.93. The van der Waals surface area contributed by atoms with Crippen molar-refractivity contribution in [3.63, 3.8) is 0 Å². The number of carboxylic acid groups (broad SMARTS) is 1.